The van der Waals surface area contributed by atoms with Crippen LogP contribution in [-0.2, 0) is 11.2 Å². The molecule has 0 unspecified atom stereocenters. The Labute approximate surface area is 156 Å². The van der Waals surface area contributed by atoms with Crippen LogP contribution in [0.25, 0.3) is 10.9 Å². The molecule has 3 rings (SSSR count). The molecule has 0 spiro atoms. The summed E-state index contributed by atoms with van der Waals surface area (Å²) >= 11 is 0. The molecule has 0 aliphatic heterocycles. The van der Waals surface area contributed by atoms with Gasteiger partial charge in [-0.1, -0.05) is 18.2 Å². The first-order valence-corrected chi connectivity index (χ1v) is 8.71. The van der Waals surface area contributed by atoms with Crippen LogP contribution in [0.4, 0.5) is 4.39 Å². The van der Waals surface area contributed by atoms with Crippen molar-refractivity contribution in [1.82, 2.24) is 10.3 Å². The number of hydrogen-bond acceptors (Lipinski definition) is 3. The molecule has 2 aromatic carbocycles. The predicted octanol–water partition coefficient (Wildman–Crippen LogP) is 3.02. The zero-order chi connectivity index (χ0) is 19.4. The van der Waals surface area contributed by atoms with Crippen molar-refractivity contribution in [2.24, 2.45) is 0 Å². The van der Waals surface area contributed by atoms with Crippen LogP contribution in [0.5, 0.6) is 5.75 Å². The lowest BCUT2D eigenvalue weighted by Crippen LogP contribution is -2.31. The minimum Gasteiger partial charge on any atom is -0.484 e. The lowest BCUT2D eigenvalue weighted by Gasteiger charge is -2.09. The SMILES string of the molecule is Cc1ccc2cc(CCNC(=O)COc3cccc(F)c3)c(=O)[nH]c2c1C. The van der Waals surface area contributed by atoms with Crippen molar-refractivity contribution >= 4 is 16.8 Å². The van der Waals surface area contributed by atoms with Gasteiger partial charge in [0.2, 0.25) is 0 Å². The number of H-pyrrole nitrogens is 1. The van der Waals surface area contributed by atoms with Gasteiger partial charge < -0.3 is 15.0 Å². The van der Waals surface area contributed by atoms with E-state index in [0.29, 0.717) is 24.3 Å². The van der Waals surface area contributed by atoms with Crippen molar-refractivity contribution in [3.05, 3.63) is 75.3 Å². The first-order valence-electron chi connectivity index (χ1n) is 8.71. The summed E-state index contributed by atoms with van der Waals surface area (Å²) in [5.74, 6) is -0.460. The van der Waals surface area contributed by atoms with Crippen LogP contribution in [0.1, 0.15) is 16.7 Å². The van der Waals surface area contributed by atoms with Crippen LogP contribution >= 0.6 is 0 Å². The van der Waals surface area contributed by atoms with Gasteiger partial charge in [-0.15, -0.1) is 0 Å². The van der Waals surface area contributed by atoms with Crippen molar-refractivity contribution in [3.63, 3.8) is 0 Å². The summed E-state index contributed by atoms with van der Waals surface area (Å²) in [5, 5.41) is 3.67. The van der Waals surface area contributed by atoms with Crippen molar-refractivity contribution in [2.45, 2.75) is 20.3 Å². The Kier molecular flexibility index (Phi) is 5.54. The van der Waals surface area contributed by atoms with Crippen molar-refractivity contribution in [3.8, 4) is 5.75 Å². The summed E-state index contributed by atoms with van der Waals surface area (Å²) in [5.41, 5.74) is 3.48. The van der Waals surface area contributed by atoms with E-state index in [2.05, 4.69) is 10.3 Å². The Balaban J connectivity index is 1.57. The summed E-state index contributed by atoms with van der Waals surface area (Å²) in [4.78, 5) is 27.1. The number of fused-ring (bicyclic) bond motifs is 1. The molecule has 3 aromatic rings. The number of nitrogens with one attached hydrogen (secondary N) is 2. The summed E-state index contributed by atoms with van der Waals surface area (Å²) in [6, 6.07) is 11.5. The minimum atomic E-state index is -0.422. The Morgan fingerprint density at radius 1 is 1.19 bits per heavy atom. The highest BCUT2D eigenvalue weighted by atomic mass is 19.1. The van der Waals surface area contributed by atoms with E-state index in [-0.39, 0.29) is 18.1 Å². The number of carbonyl (C=O) groups excluding carboxylic acids is 1. The Morgan fingerprint density at radius 3 is 2.78 bits per heavy atom. The molecule has 27 heavy (non-hydrogen) atoms. The lowest BCUT2D eigenvalue weighted by molar-refractivity contribution is -0.123. The second-order valence-corrected chi connectivity index (χ2v) is 6.44. The van der Waals surface area contributed by atoms with Gasteiger partial charge in [0, 0.05) is 18.2 Å². The van der Waals surface area contributed by atoms with Crippen molar-refractivity contribution in [2.75, 3.05) is 13.2 Å². The van der Waals surface area contributed by atoms with Crippen LogP contribution in [0.2, 0.25) is 0 Å². The molecule has 1 aromatic heterocycles. The third kappa shape index (κ3) is 4.53. The van der Waals surface area contributed by atoms with E-state index < -0.39 is 5.82 Å². The number of aromatic amines is 1. The normalized spacial score (nSPS) is 10.8. The van der Waals surface area contributed by atoms with Crippen molar-refractivity contribution in [1.29, 1.82) is 0 Å². The summed E-state index contributed by atoms with van der Waals surface area (Å²) in [6.07, 6.45) is 0.407. The maximum atomic E-state index is 13.1. The number of ether oxygens (including phenoxy) is 1. The first-order chi connectivity index (χ1) is 12.9. The number of rotatable bonds is 6. The molecule has 6 heteroatoms. The van der Waals surface area contributed by atoms with E-state index in [1.807, 2.05) is 32.0 Å². The molecule has 1 amide bonds. The molecule has 0 fully saturated rings. The zero-order valence-electron chi connectivity index (χ0n) is 15.3. The molecule has 0 aliphatic carbocycles. The molecule has 2 N–H and O–H groups in total. The topological polar surface area (TPSA) is 71.2 Å². The van der Waals surface area contributed by atoms with Gasteiger partial charge in [-0.3, -0.25) is 9.59 Å². The van der Waals surface area contributed by atoms with Crippen molar-refractivity contribution < 1.29 is 13.9 Å². The van der Waals surface area contributed by atoms with E-state index in [9.17, 15) is 14.0 Å². The predicted molar refractivity (Wildman–Crippen MR) is 103 cm³/mol. The number of benzene rings is 2. The summed E-state index contributed by atoms with van der Waals surface area (Å²) < 4.78 is 18.3. The average molecular weight is 368 g/mol. The van der Waals surface area contributed by atoms with E-state index >= 15 is 0 Å². The molecule has 140 valence electrons. The molecule has 0 aliphatic rings. The second kappa shape index (κ2) is 8.03. The van der Waals surface area contributed by atoms with Crippen LogP contribution in [0.15, 0.2) is 47.3 Å². The molecule has 0 saturated heterocycles. The number of carbonyl (C=O) groups is 1. The number of pyridine rings is 1. The first kappa shape index (κ1) is 18.6. The summed E-state index contributed by atoms with van der Waals surface area (Å²) in [7, 11) is 0. The highest BCUT2D eigenvalue weighted by Crippen LogP contribution is 2.19. The average Bonchev–Trinajstić information content (AvgIpc) is 2.64. The fourth-order valence-electron chi connectivity index (χ4n) is 2.85. The van der Waals surface area contributed by atoms with Gasteiger partial charge in [0.05, 0.1) is 5.52 Å². The summed E-state index contributed by atoms with van der Waals surface area (Å²) in [6.45, 7) is 4.08. The molecule has 1 heterocycles. The number of hydrogen-bond donors (Lipinski definition) is 2. The van der Waals surface area contributed by atoms with E-state index in [1.165, 1.54) is 18.2 Å². The third-order valence-electron chi connectivity index (χ3n) is 4.51. The monoisotopic (exact) mass is 368 g/mol. The Morgan fingerprint density at radius 2 is 2.00 bits per heavy atom. The highest BCUT2D eigenvalue weighted by Gasteiger charge is 2.08. The molecular formula is C21H21FN2O3. The Bertz CT molecular complexity index is 1040. The maximum absolute atomic E-state index is 13.1. The fourth-order valence-corrected chi connectivity index (χ4v) is 2.85. The maximum Gasteiger partial charge on any atom is 0.257 e. The third-order valence-corrected chi connectivity index (χ3v) is 4.51. The van der Waals surface area contributed by atoms with E-state index in [0.717, 1.165) is 22.0 Å². The number of aryl methyl sites for hydroxylation is 2. The molecule has 0 bridgehead atoms. The van der Waals surface area contributed by atoms with Gasteiger partial charge in [-0.25, -0.2) is 4.39 Å². The zero-order valence-corrected chi connectivity index (χ0v) is 15.3. The van der Waals surface area contributed by atoms with Gasteiger partial charge in [0.15, 0.2) is 6.61 Å². The lowest BCUT2D eigenvalue weighted by atomic mass is 10.0. The Hall–Kier alpha value is -3.15. The van der Waals surface area contributed by atoms with Crippen LogP contribution < -0.4 is 15.6 Å². The minimum absolute atomic E-state index is 0.151. The van der Waals surface area contributed by atoms with E-state index in [4.69, 9.17) is 4.74 Å². The van der Waals surface area contributed by atoms with Crippen LogP contribution in [0, 0.1) is 19.7 Å². The van der Waals surface area contributed by atoms with Gasteiger partial charge >= 0.3 is 0 Å². The number of amides is 1. The number of halogens is 1. The van der Waals surface area contributed by atoms with Crippen LogP contribution in [0.3, 0.4) is 0 Å². The van der Waals surface area contributed by atoms with Gasteiger partial charge in [0.1, 0.15) is 11.6 Å². The standard InChI is InChI=1S/C21H21FN2O3/c1-13-6-7-15-10-16(21(26)24-20(15)14(13)2)8-9-23-19(25)12-27-18-5-3-4-17(22)11-18/h3-7,10-11H,8-9,12H2,1-2H3,(H,23,25)(H,24,26). The number of aromatic nitrogens is 1. The smallest absolute Gasteiger partial charge is 0.257 e. The molecule has 5 nitrogen and oxygen atoms in total. The largest absolute Gasteiger partial charge is 0.484 e. The van der Waals surface area contributed by atoms with Gasteiger partial charge in [0.25, 0.3) is 11.5 Å². The fraction of sp³-hybridized carbons (Fsp3) is 0.238. The van der Waals surface area contributed by atoms with Crippen LogP contribution in [-0.4, -0.2) is 24.0 Å². The van der Waals surface area contributed by atoms with Gasteiger partial charge in [-0.05, 0) is 55.0 Å². The highest BCUT2D eigenvalue weighted by molar-refractivity contribution is 5.83. The van der Waals surface area contributed by atoms with Gasteiger partial charge in [-0.2, -0.15) is 0 Å². The molecule has 0 radical (unpaired) electrons. The quantitative estimate of drug-likeness (QED) is 0.703. The molecular weight excluding hydrogens is 347 g/mol. The molecule has 0 saturated carbocycles. The van der Waals surface area contributed by atoms with E-state index in [1.54, 1.807) is 6.07 Å². The molecule has 0 atom stereocenters. The second-order valence-electron chi connectivity index (χ2n) is 6.44.